The zero-order valence-corrected chi connectivity index (χ0v) is 10.2. The van der Waals surface area contributed by atoms with Crippen molar-refractivity contribution in [2.24, 2.45) is 0 Å². The van der Waals surface area contributed by atoms with Crippen molar-refractivity contribution in [1.82, 2.24) is 4.98 Å². The van der Waals surface area contributed by atoms with Gasteiger partial charge in [0.25, 0.3) is 0 Å². The molecule has 0 saturated heterocycles. The van der Waals surface area contributed by atoms with Gasteiger partial charge in [0.2, 0.25) is 0 Å². The molecule has 3 heteroatoms. The highest BCUT2D eigenvalue weighted by atomic mass is 16.5. The summed E-state index contributed by atoms with van der Waals surface area (Å²) in [6.45, 7) is 2.19. The van der Waals surface area contributed by atoms with Crippen LogP contribution in [0.3, 0.4) is 0 Å². The van der Waals surface area contributed by atoms with E-state index in [4.69, 9.17) is 4.74 Å². The first-order valence-corrected chi connectivity index (χ1v) is 5.83. The van der Waals surface area contributed by atoms with Crippen LogP contribution in [0.5, 0.6) is 5.75 Å². The van der Waals surface area contributed by atoms with Crippen LogP contribution in [0.2, 0.25) is 0 Å². The Kier molecular flexibility index (Phi) is 3.59. The van der Waals surface area contributed by atoms with E-state index in [1.54, 1.807) is 13.3 Å². The van der Waals surface area contributed by atoms with Gasteiger partial charge >= 0.3 is 0 Å². The zero-order valence-electron chi connectivity index (χ0n) is 10.2. The minimum atomic E-state index is 0.104. The third-order valence-electron chi connectivity index (χ3n) is 3.10. The summed E-state index contributed by atoms with van der Waals surface area (Å²) in [6, 6.07) is 7.89. The van der Waals surface area contributed by atoms with Crippen LogP contribution in [0.25, 0.3) is 10.8 Å². The Bertz CT molecular complexity index is 507. The summed E-state index contributed by atoms with van der Waals surface area (Å²) in [5.41, 5.74) is 0.968. The lowest BCUT2D eigenvalue weighted by Crippen LogP contribution is -2.05. The number of fused-ring (bicyclic) bond motifs is 1. The molecule has 0 aliphatic heterocycles. The Hall–Kier alpha value is -1.61. The highest BCUT2D eigenvalue weighted by molar-refractivity contribution is 5.86. The molecule has 2 aromatic rings. The third-order valence-corrected chi connectivity index (χ3v) is 3.10. The standard InChI is InChI=1S/C14H17NO2/c1-3-10(9-16)14-13-5-4-12(17-2)8-11(13)6-7-15-14/h4-8,10,16H,3,9H2,1-2H3. The molecule has 1 N–H and O–H groups in total. The summed E-state index contributed by atoms with van der Waals surface area (Å²) in [5.74, 6) is 0.943. The second-order valence-corrected chi connectivity index (χ2v) is 4.07. The van der Waals surface area contributed by atoms with Crippen LogP contribution >= 0.6 is 0 Å². The van der Waals surface area contributed by atoms with Crippen LogP contribution in [-0.4, -0.2) is 23.8 Å². The molecule has 0 fully saturated rings. The van der Waals surface area contributed by atoms with E-state index >= 15 is 0 Å². The maximum Gasteiger partial charge on any atom is 0.119 e. The molecule has 0 aliphatic carbocycles. The smallest absolute Gasteiger partial charge is 0.119 e. The van der Waals surface area contributed by atoms with Gasteiger partial charge in [0, 0.05) is 17.5 Å². The van der Waals surface area contributed by atoms with Crippen molar-refractivity contribution in [2.45, 2.75) is 19.3 Å². The predicted octanol–water partition coefficient (Wildman–Crippen LogP) is 2.73. The van der Waals surface area contributed by atoms with Crippen molar-refractivity contribution in [1.29, 1.82) is 0 Å². The molecule has 1 unspecified atom stereocenters. The summed E-state index contributed by atoms with van der Waals surface area (Å²) < 4.78 is 5.21. The number of pyridine rings is 1. The Morgan fingerprint density at radius 2 is 2.18 bits per heavy atom. The first kappa shape index (κ1) is 11.9. The van der Waals surface area contributed by atoms with E-state index in [1.165, 1.54) is 0 Å². The van der Waals surface area contributed by atoms with Crippen molar-refractivity contribution < 1.29 is 9.84 Å². The van der Waals surface area contributed by atoms with Crippen LogP contribution in [0.15, 0.2) is 30.5 Å². The topological polar surface area (TPSA) is 42.4 Å². The molecule has 0 aliphatic rings. The highest BCUT2D eigenvalue weighted by Gasteiger charge is 2.13. The fourth-order valence-electron chi connectivity index (χ4n) is 2.04. The Morgan fingerprint density at radius 3 is 2.82 bits per heavy atom. The van der Waals surface area contributed by atoms with Crippen molar-refractivity contribution in [2.75, 3.05) is 13.7 Å². The van der Waals surface area contributed by atoms with Gasteiger partial charge in [-0.2, -0.15) is 0 Å². The first-order chi connectivity index (χ1) is 8.30. The van der Waals surface area contributed by atoms with Crippen molar-refractivity contribution >= 4 is 10.8 Å². The number of benzene rings is 1. The lowest BCUT2D eigenvalue weighted by atomic mass is 9.97. The summed E-state index contributed by atoms with van der Waals surface area (Å²) in [6.07, 6.45) is 2.67. The Morgan fingerprint density at radius 1 is 1.35 bits per heavy atom. The quantitative estimate of drug-likeness (QED) is 0.879. The monoisotopic (exact) mass is 231 g/mol. The minimum Gasteiger partial charge on any atom is -0.497 e. The van der Waals surface area contributed by atoms with E-state index in [-0.39, 0.29) is 12.5 Å². The number of hydrogen-bond acceptors (Lipinski definition) is 3. The molecule has 90 valence electrons. The summed E-state index contributed by atoms with van der Waals surface area (Å²) in [4.78, 5) is 4.40. The molecule has 2 rings (SSSR count). The number of hydrogen-bond donors (Lipinski definition) is 1. The molecule has 0 spiro atoms. The highest BCUT2D eigenvalue weighted by Crippen LogP contribution is 2.28. The number of aromatic nitrogens is 1. The Labute approximate surface area is 101 Å². The van der Waals surface area contributed by atoms with E-state index < -0.39 is 0 Å². The van der Waals surface area contributed by atoms with Crippen LogP contribution in [-0.2, 0) is 0 Å². The first-order valence-electron chi connectivity index (χ1n) is 5.83. The van der Waals surface area contributed by atoms with Crippen molar-refractivity contribution in [3.05, 3.63) is 36.2 Å². The normalized spacial score (nSPS) is 12.6. The van der Waals surface area contributed by atoms with E-state index in [1.807, 2.05) is 24.3 Å². The average molecular weight is 231 g/mol. The van der Waals surface area contributed by atoms with Crippen LogP contribution in [0.1, 0.15) is 25.0 Å². The van der Waals surface area contributed by atoms with Gasteiger partial charge in [-0.15, -0.1) is 0 Å². The predicted molar refractivity (Wildman–Crippen MR) is 68.4 cm³/mol. The molecule has 1 atom stereocenters. The van der Waals surface area contributed by atoms with Gasteiger partial charge in [-0.3, -0.25) is 4.98 Å². The van der Waals surface area contributed by atoms with Gasteiger partial charge in [0.05, 0.1) is 19.4 Å². The van der Waals surface area contributed by atoms with Gasteiger partial charge in [0.1, 0.15) is 5.75 Å². The largest absolute Gasteiger partial charge is 0.497 e. The van der Waals surface area contributed by atoms with Crippen LogP contribution < -0.4 is 4.74 Å². The van der Waals surface area contributed by atoms with Gasteiger partial charge < -0.3 is 9.84 Å². The lowest BCUT2D eigenvalue weighted by molar-refractivity contribution is 0.261. The molecule has 1 aromatic heterocycles. The molecular formula is C14H17NO2. The van der Waals surface area contributed by atoms with Crippen molar-refractivity contribution in [3.63, 3.8) is 0 Å². The van der Waals surface area contributed by atoms with Crippen LogP contribution in [0, 0.1) is 0 Å². The van der Waals surface area contributed by atoms with E-state index in [0.29, 0.717) is 0 Å². The maximum atomic E-state index is 9.37. The molecule has 0 amide bonds. The fraction of sp³-hybridized carbons (Fsp3) is 0.357. The number of ether oxygens (including phenoxy) is 1. The van der Waals surface area contributed by atoms with Crippen LogP contribution in [0.4, 0.5) is 0 Å². The summed E-state index contributed by atoms with van der Waals surface area (Å²) in [7, 11) is 1.66. The molecule has 0 radical (unpaired) electrons. The number of rotatable bonds is 4. The summed E-state index contributed by atoms with van der Waals surface area (Å²) >= 11 is 0. The average Bonchev–Trinajstić information content (AvgIpc) is 2.39. The van der Waals surface area contributed by atoms with Crippen molar-refractivity contribution in [3.8, 4) is 5.75 Å². The maximum absolute atomic E-state index is 9.37. The van der Waals surface area contributed by atoms with Gasteiger partial charge in [-0.25, -0.2) is 0 Å². The molecule has 0 bridgehead atoms. The molecule has 1 aromatic carbocycles. The van der Waals surface area contributed by atoms with Gasteiger partial charge in [-0.1, -0.05) is 6.92 Å². The second-order valence-electron chi connectivity index (χ2n) is 4.07. The van der Waals surface area contributed by atoms with E-state index in [9.17, 15) is 5.11 Å². The Balaban J connectivity index is 2.57. The van der Waals surface area contributed by atoms with E-state index in [2.05, 4.69) is 11.9 Å². The zero-order chi connectivity index (χ0) is 12.3. The number of aliphatic hydroxyl groups excluding tert-OH is 1. The van der Waals surface area contributed by atoms with Gasteiger partial charge in [0.15, 0.2) is 0 Å². The second kappa shape index (κ2) is 5.15. The fourth-order valence-corrected chi connectivity index (χ4v) is 2.04. The number of aliphatic hydroxyl groups is 1. The lowest BCUT2D eigenvalue weighted by Gasteiger charge is -2.14. The molecule has 1 heterocycles. The molecule has 17 heavy (non-hydrogen) atoms. The summed E-state index contributed by atoms with van der Waals surface area (Å²) in [5, 5.41) is 11.6. The minimum absolute atomic E-state index is 0.104. The number of methoxy groups -OCH3 is 1. The molecular weight excluding hydrogens is 214 g/mol. The number of nitrogens with zero attached hydrogens (tertiary/aromatic N) is 1. The van der Waals surface area contributed by atoms with E-state index in [0.717, 1.165) is 28.6 Å². The SMILES string of the molecule is CCC(CO)c1nccc2cc(OC)ccc12. The molecule has 3 nitrogen and oxygen atoms in total. The third kappa shape index (κ3) is 2.24. The van der Waals surface area contributed by atoms with Gasteiger partial charge in [-0.05, 0) is 36.1 Å². The molecule has 0 saturated carbocycles.